The van der Waals surface area contributed by atoms with Gasteiger partial charge in [-0.05, 0) is 68.9 Å². The summed E-state index contributed by atoms with van der Waals surface area (Å²) in [6.07, 6.45) is 4.66. The van der Waals surface area contributed by atoms with Gasteiger partial charge in [0.15, 0.2) is 5.65 Å². The van der Waals surface area contributed by atoms with Gasteiger partial charge in [0.1, 0.15) is 5.82 Å². The molecule has 2 fully saturated rings. The maximum absolute atomic E-state index is 13.8. The fourth-order valence-electron chi connectivity index (χ4n) is 5.66. The maximum Gasteiger partial charge on any atom is 0.309 e. The van der Waals surface area contributed by atoms with Crippen LogP contribution in [0.2, 0.25) is 0 Å². The minimum absolute atomic E-state index is 0.0982. The van der Waals surface area contributed by atoms with Crippen LogP contribution in [0.3, 0.4) is 0 Å². The molecule has 33 heavy (non-hydrogen) atoms. The molecule has 0 radical (unpaired) electrons. The molecule has 170 valence electrons. The highest BCUT2D eigenvalue weighted by Gasteiger charge is 2.49. The second-order valence-electron chi connectivity index (χ2n) is 9.63. The molecule has 2 N–H and O–H groups in total. The van der Waals surface area contributed by atoms with E-state index >= 15 is 0 Å². The molecule has 3 aromatic heterocycles. The van der Waals surface area contributed by atoms with Gasteiger partial charge < -0.3 is 14.4 Å². The molecule has 8 heteroatoms. The first-order chi connectivity index (χ1) is 15.9. The molecule has 4 aromatic rings. The SMILES string of the molecule is C[C@]1(C(=O)O)C[C@H](c2c(C3CCOCC3)n(-c3ccc(F)cc3)c3cc4cn[nH]c4nc32)C1. The number of halogens is 1. The van der Waals surface area contributed by atoms with Crippen molar-refractivity contribution in [2.75, 3.05) is 13.2 Å². The number of aliphatic carboxylic acids is 1. The zero-order chi connectivity index (χ0) is 22.7. The summed E-state index contributed by atoms with van der Waals surface area (Å²) in [7, 11) is 0. The number of nitrogens with zero attached hydrogens (tertiary/aromatic N) is 3. The van der Waals surface area contributed by atoms with Gasteiger partial charge in [0.05, 0.1) is 22.6 Å². The molecular weight excluding hydrogens is 423 g/mol. The van der Waals surface area contributed by atoms with Gasteiger partial charge in [0, 0.05) is 41.5 Å². The number of aromatic amines is 1. The predicted octanol–water partition coefficient (Wildman–Crippen LogP) is 4.90. The monoisotopic (exact) mass is 448 g/mol. The summed E-state index contributed by atoms with van der Waals surface area (Å²) in [5.41, 5.74) is 4.95. The third-order valence-electron chi connectivity index (χ3n) is 7.43. The van der Waals surface area contributed by atoms with Gasteiger partial charge in [-0.1, -0.05) is 0 Å². The normalized spacial score (nSPS) is 23.8. The van der Waals surface area contributed by atoms with E-state index in [2.05, 4.69) is 20.8 Å². The lowest BCUT2D eigenvalue weighted by Crippen LogP contribution is -2.40. The molecule has 0 bridgehead atoms. The van der Waals surface area contributed by atoms with Crippen molar-refractivity contribution in [3.8, 4) is 5.69 Å². The summed E-state index contributed by atoms with van der Waals surface area (Å²) in [6, 6.07) is 8.62. The number of carboxylic acid groups (broad SMARTS) is 1. The molecule has 1 saturated heterocycles. The number of pyridine rings is 1. The molecular formula is C25H25FN4O3. The number of carboxylic acids is 1. The highest BCUT2D eigenvalue weighted by Crippen LogP contribution is 2.55. The summed E-state index contributed by atoms with van der Waals surface area (Å²) in [6.45, 7) is 3.19. The smallest absolute Gasteiger partial charge is 0.309 e. The van der Waals surface area contributed by atoms with Crippen LogP contribution in [0.4, 0.5) is 4.39 Å². The number of aromatic nitrogens is 4. The Morgan fingerprint density at radius 1 is 1.21 bits per heavy atom. The number of hydrogen-bond donors (Lipinski definition) is 2. The number of benzene rings is 1. The van der Waals surface area contributed by atoms with Crippen molar-refractivity contribution < 1.29 is 19.0 Å². The zero-order valence-corrected chi connectivity index (χ0v) is 18.3. The Morgan fingerprint density at radius 3 is 2.64 bits per heavy atom. The standard InChI is InChI=1S/C25H25FN4O3/c1-25(24(31)32)11-16(12-25)20-21-19(10-15-13-27-29-23(15)28-21)30(18-4-2-17(26)3-5-18)22(20)14-6-8-33-9-7-14/h2-5,10,13-14,16H,6-9,11-12H2,1H3,(H,31,32)(H,27,28,29)/t16-,25-. The molecule has 0 atom stereocenters. The van der Waals surface area contributed by atoms with Crippen molar-refractivity contribution in [3.05, 3.63) is 53.6 Å². The van der Waals surface area contributed by atoms with Gasteiger partial charge in [-0.2, -0.15) is 5.10 Å². The molecule has 1 saturated carbocycles. The van der Waals surface area contributed by atoms with Crippen molar-refractivity contribution in [1.29, 1.82) is 0 Å². The van der Waals surface area contributed by atoms with Gasteiger partial charge in [0.25, 0.3) is 0 Å². The van der Waals surface area contributed by atoms with E-state index in [1.165, 1.54) is 12.1 Å². The number of fused-ring (bicyclic) bond motifs is 2. The van der Waals surface area contributed by atoms with Crippen molar-refractivity contribution in [1.82, 2.24) is 19.7 Å². The van der Waals surface area contributed by atoms with E-state index < -0.39 is 11.4 Å². The Balaban J connectivity index is 1.64. The fourth-order valence-corrected chi connectivity index (χ4v) is 5.66. The summed E-state index contributed by atoms with van der Waals surface area (Å²) in [5.74, 6) is -0.686. The summed E-state index contributed by atoms with van der Waals surface area (Å²) >= 11 is 0. The molecule has 0 unspecified atom stereocenters. The van der Waals surface area contributed by atoms with Gasteiger partial charge in [0.2, 0.25) is 0 Å². The van der Waals surface area contributed by atoms with Gasteiger partial charge in [-0.25, -0.2) is 9.37 Å². The Labute approximate surface area is 189 Å². The number of rotatable bonds is 4. The van der Waals surface area contributed by atoms with Crippen LogP contribution < -0.4 is 0 Å². The number of ether oxygens (including phenoxy) is 1. The van der Waals surface area contributed by atoms with Crippen LogP contribution in [-0.2, 0) is 9.53 Å². The number of hydrogen-bond acceptors (Lipinski definition) is 4. The number of carbonyl (C=O) groups is 1. The average molecular weight is 448 g/mol. The van der Waals surface area contributed by atoms with Gasteiger partial charge >= 0.3 is 5.97 Å². The Bertz CT molecular complexity index is 1360. The predicted molar refractivity (Wildman–Crippen MR) is 121 cm³/mol. The lowest BCUT2D eigenvalue weighted by atomic mass is 9.60. The van der Waals surface area contributed by atoms with Gasteiger partial charge in [-0.3, -0.25) is 9.89 Å². The molecule has 0 amide bonds. The highest BCUT2D eigenvalue weighted by atomic mass is 19.1. The lowest BCUT2D eigenvalue weighted by Gasteiger charge is -2.42. The molecule has 1 aliphatic carbocycles. The molecule has 1 aliphatic heterocycles. The highest BCUT2D eigenvalue weighted by molar-refractivity contribution is 5.94. The van der Waals surface area contributed by atoms with Crippen LogP contribution in [0.15, 0.2) is 36.5 Å². The third-order valence-corrected chi connectivity index (χ3v) is 7.43. The van der Waals surface area contributed by atoms with E-state index in [-0.39, 0.29) is 17.7 Å². The van der Waals surface area contributed by atoms with Crippen LogP contribution in [0, 0.1) is 11.2 Å². The Morgan fingerprint density at radius 2 is 1.94 bits per heavy atom. The van der Waals surface area contributed by atoms with E-state index in [1.807, 2.05) is 6.92 Å². The first-order valence-electron chi connectivity index (χ1n) is 11.4. The van der Waals surface area contributed by atoms with Crippen LogP contribution in [0.5, 0.6) is 0 Å². The zero-order valence-electron chi connectivity index (χ0n) is 18.3. The first-order valence-corrected chi connectivity index (χ1v) is 11.4. The van der Waals surface area contributed by atoms with Crippen molar-refractivity contribution in [3.63, 3.8) is 0 Å². The molecule has 2 aliphatic rings. The Kier molecular flexibility index (Phi) is 4.55. The van der Waals surface area contributed by atoms with E-state index in [0.717, 1.165) is 46.2 Å². The van der Waals surface area contributed by atoms with Gasteiger partial charge in [-0.15, -0.1) is 0 Å². The molecule has 0 spiro atoms. The first kappa shape index (κ1) is 20.4. The largest absolute Gasteiger partial charge is 0.481 e. The topological polar surface area (TPSA) is 93.0 Å². The van der Waals surface area contributed by atoms with Crippen LogP contribution in [-0.4, -0.2) is 44.0 Å². The van der Waals surface area contributed by atoms with Crippen LogP contribution in [0.1, 0.15) is 55.7 Å². The van der Waals surface area contributed by atoms with E-state index in [0.29, 0.717) is 31.7 Å². The second kappa shape index (κ2) is 7.38. The van der Waals surface area contributed by atoms with Crippen molar-refractivity contribution in [2.45, 2.75) is 44.4 Å². The van der Waals surface area contributed by atoms with Crippen LogP contribution >= 0.6 is 0 Å². The van der Waals surface area contributed by atoms with Crippen molar-refractivity contribution >= 4 is 28.0 Å². The average Bonchev–Trinajstić information content (AvgIpc) is 3.38. The minimum Gasteiger partial charge on any atom is -0.481 e. The Hall–Kier alpha value is -3.26. The van der Waals surface area contributed by atoms with E-state index in [4.69, 9.17) is 9.72 Å². The summed E-state index contributed by atoms with van der Waals surface area (Å²) in [5, 5.41) is 17.7. The third kappa shape index (κ3) is 3.15. The summed E-state index contributed by atoms with van der Waals surface area (Å²) < 4.78 is 21.6. The molecule has 1 aromatic carbocycles. The summed E-state index contributed by atoms with van der Waals surface area (Å²) in [4.78, 5) is 16.8. The molecule has 6 rings (SSSR count). The quantitative estimate of drug-likeness (QED) is 0.463. The van der Waals surface area contributed by atoms with Crippen LogP contribution in [0.25, 0.3) is 27.8 Å². The van der Waals surface area contributed by atoms with E-state index in [1.54, 1.807) is 18.3 Å². The molecule has 4 heterocycles. The second-order valence-corrected chi connectivity index (χ2v) is 9.63. The van der Waals surface area contributed by atoms with E-state index in [9.17, 15) is 14.3 Å². The maximum atomic E-state index is 13.8. The number of nitrogens with one attached hydrogen (secondary N) is 1. The minimum atomic E-state index is -0.752. The fraction of sp³-hybridized carbons (Fsp3) is 0.400. The molecule has 7 nitrogen and oxygen atoms in total. The lowest BCUT2D eigenvalue weighted by molar-refractivity contribution is -0.154. The van der Waals surface area contributed by atoms with Crippen molar-refractivity contribution in [2.24, 2.45) is 5.41 Å². The number of H-pyrrole nitrogens is 1.